The maximum atomic E-state index is 12.9. The first-order valence-corrected chi connectivity index (χ1v) is 10.5. The number of carbonyl (C=O) groups excluding carboxylic acids is 3. The quantitative estimate of drug-likeness (QED) is 0.340. The van der Waals surface area contributed by atoms with Crippen LogP contribution in [-0.2, 0) is 16.0 Å². The van der Waals surface area contributed by atoms with Crippen LogP contribution in [0.4, 0.5) is 5.69 Å². The van der Waals surface area contributed by atoms with Crippen LogP contribution in [0.1, 0.15) is 38.8 Å². The third-order valence-corrected chi connectivity index (χ3v) is 5.29. The first-order chi connectivity index (χ1) is 16.0. The molecule has 0 bridgehead atoms. The molecule has 1 heterocycles. The summed E-state index contributed by atoms with van der Waals surface area (Å²) >= 11 is 0. The molecule has 33 heavy (non-hydrogen) atoms. The molecular formula is C26H22N2O5. The maximum Gasteiger partial charge on any atom is 0.329 e. The Balaban J connectivity index is 1.54. The minimum Gasteiger partial charge on any atom is -0.508 e. The second-order valence-electron chi connectivity index (χ2n) is 7.52. The van der Waals surface area contributed by atoms with Gasteiger partial charge >= 0.3 is 5.97 Å². The summed E-state index contributed by atoms with van der Waals surface area (Å²) in [5.74, 6) is -1.47. The number of fused-ring (bicyclic) bond motifs is 1. The maximum absolute atomic E-state index is 12.9. The lowest BCUT2D eigenvalue weighted by Gasteiger charge is -2.24. The van der Waals surface area contributed by atoms with E-state index in [9.17, 15) is 19.5 Å². The van der Waals surface area contributed by atoms with Crippen LogP contribution in [-0.4, -0.2) is 46.7 Å². The van der Waals surface area contributed by atoms with Crippen molar-refractivity contribution >= 4 is 29.7 Å². The van der Waals surface area contributed by atoms with Gasteiger partial charge in [-0.1, -0.05) is 36.4 Å². The molecule has 2 amide bonds. The van der Waals surface area contributed by atoms with Crippen molar-refractivity contribution in [2.24, 2.45) is 4.99 Å². The van der Waals surface area contributed by atoms with Crippen LogP contribution in [0.15, 0.2) is 77.8 Å². The smallest absolute Gasteiger partial charge is 0.329 e. The van der Waals surface area contributed by atoms with Gasteiger partial charge in [-0.05, 0) is 54.4 Å². The van der Waals surface area contributed by atoms with Crippen molar-refractivity contribution in [1.29, 1.82) is 0 Å². The molecule has 166 valence electrons. The van der Waals surface area contributed by atoms with Crippen LogP contribution in [0, 0.1) is 0 Å². The van der Waals surface area contributed by atoms with E-state index in [0.717, 1.165) is 16.0 Å². The predicted molar refractivity (Wildman–Crippen MR) is 123 cm³/mol. The van der Waals surface area contributed by atoms with Crippen LogP contribution in [0.5, 0.6) is 5.75 Å². The van der Waals surface area contributed by atoms with Gasteiger partial charge in [-0.3, -0.25) is 19.5 Å². The van der Waals surface area contributed by atoms with Gasteiger partial charge in [0.1, 0.15) is 11.8 Å². The zero-order valence-electron chi connectivity index (χ0n) is 18.0. The third-order valence-electron chi connectivity index (χ3n) is 5.29. The number of imide groups is 1. The van der Waals surface area contributed by atoms with Gasteiger partial charge in [0.2, 0.25) is 0 Å². The number of amides is 2. The molecule has 7 nitrogen and oxygen atoms in total. The second-order valence-corrected chi connectivity index (χ2v) is 7.52. The summed E-state index contributed by atoms with van der Waals surface area (Å²) in [6.07, 6.45) is 1.76. The summed E-state index contributed by atoms with van der Waals surface area (Å²) in [6, 6.07) is 19.3. The monoisotopic (exact) mass is 442 g/mol. The number of phenolic OH excluding ortho intramolecular Hbond substituents is 1. The first-order valence-electron chi connectivity index (χ1n) is 10.5. The van der Waals surface area contributed by atoms with Crippen LogP contribution >= 0.6 is 0 Å². The van der Waals surface area contributed by atoms with Gasteiger partial charge in [-0.2, -0.15) is 0 Å². The highest BCUT2D eigenvalue weighted by atomic mass is 16.5. The Bertz CT molecular complexity index is 1200. The van der Waals surface area contributed by atoms with Crippen LogP contribution in [0.3, 0.4) is 0 Å². The van der Waals surface area contributed by atoms with Crippen LogP contribution in [0.2, 0.25) is 0 Å². The Hall–Kier alpha value is -4.26. The number of nitrogens with zero attached hydrogens (tertiary/aromatic N) is 2. The molecule has 0 unspecified atom stereocenters. The minimum atomic E-state index is -1.07. The van der Waals surface area contributed by atoms with Crippen molar-refractivity contribution in [3.8, 4) is 5.75 Å². The number of hydrogen-bond acceptors (Lipinski definition) is 6. The van der Waals surface area contributed by atoms with Gasteiger partial charge < -0.3 is 9.84 Å². The van der Waals surface area contributed by atoms with Crippen molar-refractivity contribution in [1.82, 2.24) is 4.90 Å². The molecule has 3 aromatic rings. The number of benzene rings is 3. The molecule has 0 aromatic heterocycles. The lowest BCUT2D eigenvalue weighted by molar-refractivity contribution is -0.147. The zero-order valence-corrected chi connectivity index (χ0v) is 18.0. The predicted octanol–water partition coefficient (Wildman–Crippen LogP) is 3.91. The largest absolute Gasteiger partial charge is 0.508 e. The summed E-state index contributed by atoms with van der Waals surface area (Å²) in [7, 11) is 0. The van der Waals surface area contributed by atoms with E-state index in [1.807, 2.05) is 6.07 Å². The molecular weight excluding hydrogens is 420 g/mol. The number of phenols is 1. The van der Waals surface area contributed by atoms with E-state index < -0.39 is 23.8 Å². The third kappa shape index (κ3) is 4.67. The fraction of sp³-hybridized carbons (Fsp3) is 0.154. The van der Waals surface area contributed by atoms with Gasteiger partial charge in [0, 0.05) is 12.6 Å². The Morgan fingerprint density at radius 1 is 1.00 bits per heavy atom. The molecule has 0 saturated carbocycles. The Morgan fingerprint density at radius 2 is 1.67 bits per heavy atom. The topological polar surface area (TPSA) is 96.3 Å². The average molecular weight is 442 g/mol. The van der Waals surface area contributed by atoms with Crippen molar-refractivity contribution in [2.75, 3.05) is 6.61 Å². The van der Waals surface area contributed by atoms with E-state index in [0.29, 0.717) is 5.69 Å². The molecule has 0 saturated heterocycles. The van der Waals surface area contributed by atoms with Gasteiger partial charge in [0.05, 0.1) is 23.4 Å². The molecule has 1 aliphatic rings. The summed E-state index contributed by atoms with van der Waals surface area (Å²) in [6.45, 7) is 1.82. The molecule has 4 rings (SSSR count). The zero-order chi connectivity index (χ0) is 23.4. The van der Waals surface area contributed by atoms with E-state index in [1.54, 1.807) is 79.9 Å². The SMILES string of the molecule is CCOC(=O)[C@@H](Cc1ccc(N=Cc2cccc(O)c2)cc1)N1C(=O)c2ccccc2C1=O. The first kappa shape index (κ1) is 22.0. The lowest BCUT2D eigenvalue weighted by atomic mass is 10.0. The van der Waals surface area contributed by atoms with E-state index >= 15 is 0 Å². The second kappa shape index (κ2) is 9.48. The number of hydrogen-bond donors (Lipinski definition) is 1. The van der Waals surface area contributed by atoms with Crippen LogP contribution < -0.4 is 0 Å². The summed E-state index contributed by atoms with van der Waals surface area (Å²) < 4.78 is 5.18. The summed E-state index contributed by atoms with van der Waals surface area (Å²) in [4.78, 5) is 43.9. The Labute approximate surface area is 191 Å². The molecule has 1 aliphatic heterocycles. The molecule has 0 radical (unpaired) electrons. The lowest BCUT2D eigenvalue weighted by Crippen LogP contribution is -2.47. The van der Waals surface area contributed by atoms with Crippen molar-refractivity contribution in [3.05, 3.63) is 95.1 Å². The highest BCUT2D eigenvalue weighted by molar-refractivity contribution is 6.22. The number of aliphatic imine (C=N–C) groups is 1. The number of carbonyl (C=O) groups is 3. The van der Waals surface area contributed by atoms with E-state index in [-0.39, 0.29) is 29.9 Å². The summed E-state index contributed by atoms with van der Waals surface area (Å²) in [5.41, 5.74) is 2.75. The van der Waals surface area contributed by atoms with E-state index in [2.05, 4.69) is 4.99 Å². The molecule has 1 N–H and O–H groups in total. The standard InChI is InChI=1S/C26H22N2O5/c1-2-33-26(32)23(28-24(30)21-8-3-4-9-22(21)25(28)31)15-17-10-12-19(13-11-17)27-16-18-6-5-7-20(29)14-18/h3-14,16,23,29H,2,15H2,1H3/t23-/m1/s1. The summed E-state index contributed by atoms with van der Waals surface area (Å²) in [5, 5.41) is 9.55. The molecule has 0 spiro atoms. The molecule has 7 heteroatoms. The van der Waals surface area contributed by atoms with Crippen molar-refractivity contribution < 1.29 is 24.2 Å². The van der Waals surface area contributed by atoms with E-state index in [1.165, 1.54) is 0 Å². The van der Waals surface area contributed by atoms with E-state index in [4.69, 9.17) is 4.74 Å². The highest BCUT2D eigenvalue weighted by Gasteiger charge is 2.43. The van der Waals surface area contributed by atoms with Crippen LogP contribution in [0.25, 0.3) is 0 Å². The Morgan fingerprint density at radius 3 is 2.27 bits per heavy atom. The number of rotatable bonds is 7. The molecule has 1 atom stereocenters. The Kier molecular flexibility index (Phi) is 6.31. The van der Waals surface area contributed by atoms with Gasteiger partial charge in [-0.25, -0.2) is 4.79 Å². The molecule has 3 aromatic carbocycles. The fourth-order valence-corrected chi connectivity index (χ4v) is 3.70. The molecule has 0 fully saturated rings. The highest BCUT2D eigenvalue weighted by Crippen LogP contribution is 2.27. The molecule has 0 aliphatic carbocycles. The van der Waals surface area contributed by atoms with Gasteiger partial charge in [0.25, 0.3) is 11.8 Å². The average Bonchev–Trinajstić information content (AvgIpc) is 3.07. The van der Waals surface area contributed by atoms with Crippen molar-refractivity contribution in [2.45, 2.75) is 19.4 Å². The normalized spacial score (nSPS) is 13.9. The number of esters is 1. The fourth-order valence-electron chi connectivity index (χ4n) is 3.70. The van der Waals surface area contributed by atoms with Crippen molar-refractivity contribution in [3.63, 3.8) is 0 Å². The number of aromatic hydroxyl groups is 1. The minimum absolute atomic E-state index is 0.126. The number of ether oxygens (including phenoxy) is 1. The van der Waals surface area contributed by atoms with Gasteiger partial charge in [0.15, 0.2) is 0 Å². The van der Waals surface area contributed by atoms with Gasteiger partial charge in [-0.15, -0.1) is 0 Å².